The number of amidine groups is 1. The summed E-state index contributed by atoms with van der Waals surface area (Å²) in [6.45, 7) is 4.03. The Morgan fingerprint density at radius 3 is 2.95 bits per heavy atom. The number of hydrogen-bond donors (Lipinski definition) is 2. The van der Waals surface area contributed by atoms with Crippen molar-refractivity contribution in [1.29, 1.82) is 0 Å². The molecule has 0 saturated carbocycles. The number of aliphatic imine (C=N–C) groups is 1. The van der Waals surface area contributed by atoms with Crippen molar-refractivity contribution in [3.63, 3.8) is 0 Å². The Kier molecular flexibility index (Phi) is 3.15. The number of nitrogens with one attached hydrogen (secondary N) is 2. The lowest BCUT2D eigenvalue weighted by Crippen LogP contribution is -2.18. The van der Waals surface area contributed by atoms with E-state index in [1.54, 1.807) is 7.11 Å². The third-order valence-electron chi connectivity index (χ3n) is 3.68. The van der Waals surface area contributed by atoms with Crippen molar-refractivity contribution in [2.75, 3.05) is 20.2 Å². The zero-order chi connectivity index (χ0) is 13.2. The maximum Gasteiger partial charge on any atom is 0.119 e. The van der Waals surface area contributed by atoms with E-state index in [4.69, 9.17) is 4.74 Å². The lowest BCUT2D eigenvalue weighted by Gasteiger charge is -2.04. The molecule has 0 aliphatic carbocycles. The van der Waals surface area contributed by atoms with Crippen LogP contribution in [-0.2, 0) is 6.42 Å². The van der Waals surface area contributed by atoms with Crippen molar-refractivity contribution in [2.24, 2.45) is 4.99 Å². The van der Waals surface area contributed by atoms with Gasteiger partial charge in [-0.2, -0.15) is 0 Å². The molecule has 100 valence electrons. The van der Waals surface area contributed by atoms with E-state index in [0.29, 0.717) is 0 Å². The number of hydrogen-bond acceptors (Lipinski definition) is 3. The summed E-state index contributed by atoms with van der Waals surface area (Å²) in [6, 6.07) is 6.18. The Bertz CT molecular complexity index is 628. The van der Waals surface area contributed by atoms with Crippen LogP contribution in [0.4, 0.5) is 0 Å². The number of H-pyrrole nitrogens is 1. The lowest BCUT2D eigenvalue weighted by molar-refractivity contribution is 0.415. The fourth-order valence-electron chi connectivity index (χ4n) is 2.67. The first kappa shape index (κ1) is 12.1. The van der Waals surface area contributed by atoms with Crippen LogP contribution in [0.15, 0.2) is 23.2 Å². The van der Waals surface area contributed by atoms with Crippen LogP contribution in [0.5, 0.6) is 5.75 Å². The molecule has 4 nitrogen and oxygen atoms in total. The molecule has 1 aromatic heterocycles. The summed E-state index contributed by atoms with van der Waals surface area (Å²) in [4.78, 5) is 7.89. The summed E-state index contributed by atoms with van der Waals surface area (Å²) in [7, 11) is 1.71. The molecular weight excluding hydrogens is 238 g/mol. The van der Waals surface area contributed by atoms with Crippen LogP contribution in [-0.4, -0.2) is 31.0 Å². The summed E-state index contributed by atoms with van der Waals surface area (Å²) in [6.07, 6.45) is 1.98. The molecule has 19 heavy (non-hydrogen) atoms. The van der Waals surface area contributed by atoms with E-state index >= 15 is 0 Å². The highest BCUT2D eigenvalue weighted by molar-refractivity contribution is 5.88. The molecule has 0 amide bonds. The van der Waals surface area contributed by atoms with E-state index in [0.717, 1.165) is 37.5 Å². The van der Waals surface area contributed by atoms with Gasteiger partial charge in [-0.05, 0) is 37.1 Å². The van der Waals surface area contributed by atoms with E-state index in [1.165, 1.54) is 22.2 Å². The van der Waals surface area contributed by atoms with Crippen molar-refractivity contribution in [3.05, 3.63) is 29.5 Å². The minimum atomic E-state index is 0.907. The molecule has 1 aromatic carbocycles. The van der Waals surface area contributed by atoms with Crippen molar-refractivity contribution in [3.8, 4) is 5.75 Å². The standard InChI is InChI=1S/C15H19N3O/c1-10-12(4-6-15-16-7-8-17-15)13-9-11(19-2)3-5-14(13)18-10/h3,5,9,18H,4,6-8H2,1-2H3,(H,16,17). The second-order valence-corrected chi connectivity index (χ2v) is 4.90. The Morgan fingerprint density at radius 2 is 2.21 bits per heavy atom. The predicted octanol–water partition coefficient (Wildman–Crippen LogP) is 2.42. The molecule has 0 spiro atoms. The first-order chi connectivity index (χ1) is 9.28. The maximum atomic E-state index is 5.31. The van der Waals surface area contributed by atoms with E-state index in [2.05, 4.69) is 34.3 Å². The molecule has 1 aliphatic heterocycles. The van der Waals surface area contributed by atoms with Gasteiger partial charge in [0.25, 0.3) is 0 Å². The van der Waals surface area contributed by atoms with Gasteiger partial charge in [-0.15, -0.1) is 0 Å². The van der Waals surface area contributed by atoms with Crippen molar-refractivity contribution < 1.29 is 4.74 Å². The van der Waals surface area contributed by atoms with Crippen LogP contribution < -0.4 is 10.1 Å². The fraction of sp³-hybridized carbons (Fsp3) is 0.400. The molecule has 0 unspecified atom stereocenters. The second-order valence-electron chi connectivity index (χ2n) is 4.90. The Morgan fingerprint density at radius 1 is 1.32 bits per heavy atom. The Labute approximate surface area is 112 Å². The highest BCUT2D eigenvalue weighted by atomic mass is 16.5. The zero-order valence-corrected chi connectivity index (χ0v) is 11.4. The van der Waals surface area contributed by atoms with Crippen LogP contribution in [0, 0.1) is 6.92 Å². The molecule has 0 fully saturated rings. The number of aromatic amines is 1. The number of ether oxygens (including phenoxy) is 1. The summed E-state index contributed by atoms with van der Waals surface area (Å²) in [5.74, 6) is 2.04. The third-order valence-corrected chi connectivity index (χ3v) is 3.68. The predicted molar refractivity (Wildman–Crippen MR) is 78.2 cm³/mol. The average Bonchev–Trinajstić information content (AvgIpc) is 3.03. The summed E-state index contributed by atoms with van der Waals surface area (Å²) < 4.78 is 5.31. The largest absolute Gasteiger partial charge is 0.497 e. The van der Waals surface area contributed by atoms with E-state index in [-0.39, 0.29) is 0 Å². The number of benzene rings is 1. The van der Waals surface area contributed by atoms with Gasteiger partial charge in [0.1, 0.15) is 5.75 Å². The van der Waals surface area contributed by atoms with Gasteiger partial charge in [0.15, 0.2) is 0 Å². The summed E-state index contributed by atoms with van der Waals surface area (Å²) >= 11 is 0. The molecule has 4 heteroatoms. The molecule has 0 atom stereocenters. The summed E-state index contributed by atoms with van der Waals surface area (Å²) in [5.41, 5.74) is 3.78. The minimum absolute atomic E-state index is 0.907. The van der Waals surface area contributed by atoms with E-state index < -0.39 is 0 Å². The van der Waals surface area contributed by atoms with Gasteiger partial charge in [0, 0.05) is 29.6 Å². The molecule has 3 rings (SSSR count). The molecule has 2 aromatic rings. The topological polar surface area (TPSA) is 49.4 Å². The lowest BCUT2D eigenvalue weighted by atomic mass is 10.1. The molecule has 0 bridgehead atoms. The number of aromatic nitrogens is 1. The van der Waals surface area contributed by atoms with Gasteiger partial charge in [0.05, 0.1) is 19.5 Å². The molecule has 2 N–H and O–H groups in total. The molecule has 1 aliphatic rings. The quantitative estimate of drug-likeness (QED) is 0.883. The first-order valence-corrected chi connectivity index (χ1v) is 6.70. The smallest absolute Gasteiger partial charge is 0.119 e. The maximum absolute atomic E-state index is 5.31. The van der Waals surface area contributed by atoms with Crippen molar-refractivity contribution in [2.45, 2.75) is 19.8 Å². The number of nitrogens with zero attached hydrogens (tertiary/aromatic N) is 1. The number of aryl methyl sites for hydroxylation is 2. The average molecular weight is 257 g/mol. The Hall–Kier alpha value is -1.97. The van der Waals surface area contributed by atoms with Gasteiger partial charge < -0.3 is 15.0 Å². The number of methoxy groups -OCH3 is 1. The second kappa shape index (κ2) is 4.96. The van der Waals surface area contributed by atoms with Crippen LogP contribution in [0.1, 0.15) is 17.7 Å². The van der Waals surface area contributed by atoms with Gasteiger partial charge in [-0.1, -0.05) is 0 Å². The van der Waals surface area contributed by atoms with Gasteiger partial charge in [-0.25, -0.2) is 0 Å². The fourth-order valence-corrected chi connectivity index (χ4v) is 2.67. The first-order valence-electron chi connectivity index (χ1n) is 6.70. The third kappa shape index (κ3) is 2.30. The van der Waals surface area contributed by atoms with Crippen molar-refractivity contribution in [1.82, 2.24) is 10.3 Å². The minimum Gasteiger partial charge on any atom is -0.497 e. The highest BCUT2D eigenvalue weighted by Gasteiger charge is 2.11. The van der Waals surface area contributed by atoms with Gasteiger partial charge in [0.2, 0.25) is 0 Å². The number of rotatable bonds is 4. The zero-order valence-electron chi connectivity index (χ0n) is 11.4. The highest BCUT2D eigenvalue weighted by Crippen LogP contribution is 2.27. The van der Waals surface area contributed by atoms with E-state index in [1.807, 2.05) is 6.07 Å². The molecular formula is C15H19N3O. The van der Waals surface area contributed by atoms with Gasteiger partial charge in [-0.3, -0.25) is 4.99 Å². The van der Waals surface area contributed by atoms with Crippen molar-refractivity contribution >= 4 is 16.7 Å². The van der Waals surface area contributed by atoms with Crippen LogP contribution in [0.25, 0.3) is 10.9 Å². The Balaban J connectivity index is 1.90. The van der Waals surface area contributed by atoms with E-state index in [9.17, 15) is 0 Å². The molecule has 0 radical (unpaired) electrons. The monoisotopic (exact) mass is 257 g/mol. The molecule has 0 saturated heterocycles. The summed E-state index contributed by atoms with van der Waals surface area (Å²) in [5, 5.41) is 4.58. The van der Waals surface area contributed by atoms with Crippen LogP contribution >= 0.6 is 0 Å². The normalized spacial score (nSPS) is 14.5. The van der Waals surface area contributed by atoms with Crippen LogP contribution in [0.2, 0.25) is 0 Å². The van der Waals surface area contributed by atoms with Crippen LogP contribution in [0.3, 0.4) is 0 Å². The van der Waals surface area contributed by atoms with Gasteiger partial charge >= 0.3 is 0 Å². The molecule has 2 heterocycles. The number of fused-ring (bicyclic) bond motifs is 1. The SMILES string of the molecule is COc1ccc2[nH]c(C)c(CCC3=NCCN3)c2c1.